The minimum atomic E-state index is -0.532. The average molecular weight is 468 g/mol. The summed E-state index contributed by atoms with van der Waals surface area (Å²) in [4.78, 5) is 39.3. The van der Waals surface area contributed by atoms with E-state index in [1.54, 1.807) is 7.05 Å². The number of allylic oxidation sites excluding steroid dienone is 2. The number of amides is 2. The molecule has 3 aromatic rings. The summed E-state index contributed by atoms with van der Waals surface area (Å²) in [5.41, 5.74) is 12.4. The number of hydrogen-bond donors (Lipinski definition) is 1. The number of hydrogen-bond acceptors (Lipinski definition) is 5. The van der Waals surface area contributed by atoms with Crippen LogP contribution < -0.4 is 5.73 Å². The van der Waals surface area contributed by atoms with Gasteiger partial charge in [-0.2, -0.15) is 0 Å². The van der Waals surface area contributed by atoms with Crippen molar-refractivity contribution in [2.24, 2.45) is 5.73 Å². The molecule has 178 valence electrons. The molecule has 2 aliphatic rings. The van der Waals surface area contributed by atoms with Crippen LogP contribution in [0.5, 0.6) is 0 Å². The van der Waals surface area contributed by atoms with Crippen LogP contribution in [0.15, 0.2) is 55.0 Å². The molecular weight excluding hydrogens is 438 g/mol. The minimum Gasteiger partial charge on any atom is -0.368 e. The van der Waals surface area contributed by atoms with Gasteiger partial charge in [-0.05, 0) is 77.6 Å². The number of aromatic nitrogens is 3. The molecule has 2 heterocycles. The Bertz CT molecular complexity index is 1330. The van der Waals surface area contributed by atoms with Gasteiger partial charge in [0.05, 0.1) is 12.2 Å². The maximum atomic E-state index is 12.9. The zero-order valence-electron chi connectivity index (χ0n) is 20.1. The Kier molecular flexibility index (Phi) is 5.93. The Hall–Kier alpha value is -3.87. The molecule has 0 aliphatic heterocycles. The van der Waals surface area contributed by atoms with Crippen molar-refractivity contribution in [2.45, 2.75) is 44.4 Å². The van der Waals surface area contributed by atoms with Crippen LogP contribution in [-0.4, -0.2) is 45.3 Å². The number of aryl methyl sites for hydroxylation is 1. The number of nitrogens with zero attached hydrogens (tertiary/aromatic N) is 4. The van der Waals surface area contributed by atoms with E-state index in [-0.39, 0.29) is 17.9 Å². The van der Waals surface area contributed by atoms with Gasteiger partial charge in [-0.1, -0.05) is 19.1 Å². The zero-order valence-corrected chi connectivity index (χ0v) is 20.1. The second-order valence-electron chi connectivity index (χ2n) is 9.59. The third-order valence-corrected chi connectivity index (χ3v) is 7.10. The van der Waals surface area contributed by atoms with Crippen LogP contribution in [0, 0.1) is 0 Å². The molecule has 0 atom stereocenters. The molecule has 7 nitrogen and oxygen atoms in total. The van der Waals surface area contributed by atoms with Crippen molar-refractivity contribution in [3.8, 4) is 11.3 Å². The van der Waals surface area contributed by atoms with Crippen LogP contribution in [0.25, 0.3) is 16.8 Å². The van der Waals surface area contributed by atoms with Crippen molar-refractivity contribution in [1.82, 2.24) is 19.9 Å². The predicted molar refractivity (Wildman–Crippen MR) is 134 cm³/mol. The summed E-state index contributed by atoms with van der Waals surface area (Å²) in [5, 5.41) is 0. The van der Waals surface area contributed by atoms with E-state index >= 15 is 0 Å². The van der Waals surface area contributed by atoms with E-state index in [2.05, 4.69) is 40.1 Å². The third kappa shape index (κ3) is 4.58. The summed E-state index contributed by atoms with van der Waals surface area (Å²) < 4.78 is 0. The first-order valence-corrected chi connectivity index (χ1v) is 12.0. The highest BCUT2D eigenvalue weighted by Gasteiger charge is 2.45. The van der Waals surface area contributed by atoms with Crippen molar-refractivity contribution in [3.63, 3.8) is 0 Å². The third-order valence-electron chi connectivity index (χ3n) is 7.10. The fraction of sp³-hybridized carbons (Fsp3) is 0.321. The van der Waals surface area contributed by atoms with Gasteiger partial charge in [0.25, 0.3) is 5.91 Å². The first-order valence-electron chi connectivity index (χ1n) is 12.0. The second-order valence-corrected chi connectivity index (χ2v) is 9.59. The van der Waals surface area contributed by atoms with Crippen LogP contribution in [0.3, 0.4) is 0 Å². The van der Waals surface area contributed by atoms with Gasteiger partial charge in [0, 0.05) is 43.2 Å². The number of carbonyl (C=O) groups is 2. The van der Waals surface area contributed by atoms with Crippen molar-refractivity contribution in [2.75, 3.05) is 13.6 Å². The fourth-order valence-electron chi connectivity index (χ4n) is 4.90. The van der Waals surface area contributed by atoms with Gasteiger partial charge < -0.3 is 10.6 Å². The lowest BCUT2D eigenvalue weighted by atomic mass is 9.88. The molecule has 0 saturated heterocycles. The van der Waals surface area contributed by atoms with Gasteiger partial charge in [-0.3, -0.25) is 14.6 Å². The number of pyridine rings is 1. The molecule has 2 aliphatic carbocycles. The SMILES string of the molecule is CCc1ccnc(-c2cnc(C3=CCC4(CC4)c4ccc(C(=O)N(C)CC(N)=O)cc4C3)nc2)c1. The maximum absolute atomic E-state index is 12.9. The maximum Gasteiger partial charge on any atom is 0.254 e. The quantitative estimate of drug-likeness (QED) is 0.595. The average Bonchev–Trinajstić information content (AvgIpc) is 3.68. The monoisotopic (exact) mass is 467 g/mol. The van der Waals surface area contributed by atoms with Gasteiger partial charge in [0.15, 0.2) is 5.82 Å². The molecule has 1 spiro atoms. The van der Waals surface area contributed by atoms with E-state index in [1.165, 1.54) is 16.0 Å². The Balaban J connectivity index is 1.43. The summed E-state index contributed by atoms with van der Waals surface area (Å²) in [7, 11) is 1.59. The highest BCUT2D eigenvalue weighted by atomic mass is 16.2. The molecule has 5 rings (SSSR count). The highest BCUT2D eigenvalue weighted by molar-refractivity contribution is 5.96. The number of benzene rings is 1. The van der Waals surface area contributed by atoms with Crippen molar-refractivity contribution in [3.05, 3.63) is 83.1 Å². The minimum absolute atomic E-state index is 0.110. The first-order chi connectivity index (χ1) is 16.9. The van der Waals surface area contributed by atoms with E-state index < -0.39 is 5.91 Å². The predicted octanol–water partition coefficient (Wildman–Crippen LogP) is 3.72. The topological polar surface area (TPSA) is 102 Å². The summed E-state index contributed by atoms with van der Waals surface area (Å²) in [6.07, 6.45) is 12.6. The molecule has 35 heavy (non-hydrogen) atoms. The van der Waals surface area contributed by atoms with Gasteiger partial charge in [0.2, 0.25) is 5.91 Å². The Morgan fingerprint density at radius 2 is 1.86 bits per heavy atom. The van der Waals surface area contributed by atoms with E-state index in [0.29, 0.717) is 17.8 Å². The smallest absolute Gasteiger partial charge is 0.254 e. The highest BCUT2D eigenvalue weighted by Crippen LogP contribution is 2.54. The van der Waals surface area contributed by atoms with Crippen LogP contribution in [-0.2, 0) is 23.1 Å². The molecule has 2 N–H and O–H groups in total. The number of carbonyl (C=O) groups excluding carboxylic acids is 2. The Morgan fingerprint density at radius 3 is 2.54 bits per heavy atom. The van der Waals surface area contributed by atoms with Crippen molar-refractivity contribution in [1.29, 1.82) is 0 Å². The first kappa shape index (κ1) is 22.9. The Morgan fingerprint density at radius 1 is 1.09 bits per heavy atom. The number of nitrogens with two attached hydrogens (primary N) is 1. The summed E-state index contributed by atoms with van der Waals surface area (Å²) in [6, 6.07) is 10.0. The lowest BCUT2D eigenvalue weighted by Gasteiger charge is -2.19. The number of fused-ring (bicyclic) bond motifs is 2. The van der Waals surface area contributed by atoms with Gasteiger partial charge in [-0.15, -0.1) is 0 Å². The lowest BCUT2D eigenvalue weighted by Crippen LogP contribution is -2.35. The van der Waals surface area contributed by atoms with Crippen molar-refractivity contribution < 1.29 is 9.59 Å². The van der Waals surface area contributed by atoms with Gasteiger partial charge in [0.1, 0.15) is 0 Å². The molecule has 0 unspecified atom stereocenters. The van der Waals surface area contributed by atoms with E-state index in [9.17, 15) is 9.59 Å². The number of rotatable bonds is 6. The molecule has 0 bridgehead atoms. The lowest BCUT2D eigenvalue weighted by molar-refractivity contribution is -0.118. The van der Waals surface area contributed by atoms with Crippen LogP contribution in [0.4, 0.5) is 0 Å². The molecule has 2 aromatic heterocycles. The molecule has 2 amide bonds. The summed E-state index contributed by atoms with van der Waals surface area (Å²) in [5.74, 6) is -0.0461. The normalized spacial score (nSPS) is 15.7. The van der Waals surface area contributed by atoms with Crippen LogP contribution in [0.2, 0.25) is 0 Å². The van der Waals surface area contributed by atoms with E-state index in [4.69, 9.17) is 5.73 Å². The molecule has 0 radical (unpaired) electrons. The van der Waals surface area contributed by atoms with E-state index in [0.717, 1.165) is 48.1 Å². The number of likely N-dealkylation sites (N-methyl/N-ethyl adjacent to an activating group) is 1. The molecule has 7 heteroatoms. The van der Waals surface area contributed by atoms with Crippen molar-refractivity contribution >= 4 is 17.4 Å². The molecule has 1 fully saturated rings. The van der Waals surface area contributed by atoms with Gasteiger partial charge >= 0.3 is 0 Å². The fourth-order valence-corrected chi connectivity index (χ4v) is 4.90. The second kappa shape index (κ2) is 9.06. The standard InChI is InChI=1S/C28H29N5O2/c1-3-18-7-11-30-24(12-18)22-15-31-26(32-16-22)19-6-8-28(9-10-28)23-5-4-20(14-21(23)13-19)27(35)33(2)17-25(29)34/h4-7,11-12,14-16H,3,8-10,13,17H2,1-2H3,(H2,29,34). The molecular formula is C28H29N5O2. The van der Waals surface area contributed by atoms with Gasteiger partial charge in [-0.25, -0.2) is 9.97 Å². The summed E-state index contributed by atoms with van der Waals surface area (Å²) in [6.45, 7) is 2.01. The number of primary amides is 1. The van der Waals surface area contributed by atoms with Crippen LogP contribution in [0.1, 0.15) is 59.1 Å². The molecule has 1 aromatic carbocycles. The zero-order chi connectivity index (χ0) is 24.6. The Labute approximate surface area is 205 Å². The summed E-state index contributed by atoms with van der Waals surface area (Å²) >= 11 is 0. The molecule has 1 saturated carbocycles. The van der Waals surface area contributed by atoms with Crippen LogP contribution >= 0.6 is 0 Å². The largest absolute Gasteiger partial charge is 0.368 e. The van der Waals surface area contributed by atoms with E-state index in [1.807, 2.05) is 36.8 Å².